The van der Waals surface area contributed by atoms with Crippen molar-refractivity contribution in [2.24, 2.45) is 34.5 Å². The fraction of sp³-hybridized carbons (Fsp3) is 0.920. The van der Waals surface area contributed by atoms with Crippen LogP contribution in [0.2, 0.25) is 0 Å². The Bertz CT molecular complexity index is 703. The van der Waals surface area contributed by atoms with Gasteiger partial charge < -0.3 is 14.5 Å². The molecule has 0 N–H and O–H groups in total. The number of hydrogen-bond acceptors (Lipinski definition) is 4. The van der Waals surface area contributed by atoms with Gasteiger partial charge in [-0.2, -0.15) is 0 Å². The average molecular weight is 417 g/mol. The van der Waals surface area contributed by atoms with Crippen LogP contribution in [0, 0.1) is 34.5 Å². The molecular formula is C25H40N2O3. The number of fused-ring (bicyclic) bond motifs is 5. The summed E-state index contributed by atoms with van der Waals surface area (Å²) in [6.45, 7) is 8.24. The molecule has 4 saturated carbocycles. The maximum atomic E-state index is 12.7. The maximum Gasteiger partial charge on any atom is 0.410 e. The number of rotatable bonds is 1. The third-order valence-electron chi connectivity index (χ3n) is 10.4. The van der Waals surface area contributed by atoms with E-state index in [1.807, 2.05) is 4.90 Å². The lowest BCUT2D eigenvalue weighted by molar-refractivity contribution is -0.142. The summed E-state index contributed by atoms with van der Waals surface area (Å²) in [5.74, 6) is 3.32. The smallest absolute Gasteiger partial charge is 0.410 e. The lowest BCUT2D eigenvalue weighted by atomic mass is 9.45. The van der Waals surface area contributed by atoms with E-state index in [4.69, 9.17) is 4.74 Å². The zero-order valence-corrected chi connectivity index (χ0v) is 19.2. The van der Waals surface area contributed by atoms with Crippen LogP contribution >= 0.6 is 0 Å². The van der Waals surface area contributed by atoms with Crippen LogP contribution in [0.1, 0.15) is 71.6 Å². The molecule has 1 heterocycles. The number of piperazine rings is 1. The van der Waals surface area contributed by atoms with Crippen LogP contribution < -0.4 is 0 Å². The van der Waals surface area contributed by atoms with Gasteiger partial charge in [0.15, 0.2) is 0 Å². The Labute approximate surface area is 181 Å². The van der Waals surface area contributed by atoms with Crippen molar-refractivity contribution < 1.29 is 14.3 Å². The van der Waals surface area contributed by atoms with Gasteiger partial charge in [-0.25, -0.2) is 4.79 Å². The minimum Gasteiger partial charge on any atom is -0.446 e. The molecule has 0 aromatic heterocycles. The summed E-state index contributed by atoms with van der Waals surface area (Å²) in [4.78, 5) is 29.4. The van der Waals surface area contributed by atoms with Gasteiger partial charge in [0.1, 0.15) is 11.9 Å². The minimum absolute atomic E-state index is 0.0282. The Hall–Kier alpha value is -1.10. The average Bonchev–Trinajstić information content (AvgIpc) is 3.03. The van der Waals surface area contributed by atoms with Crippen LogP contribution in [0.5, 0.6) is 0 Å². The highest BCUT2D eigenvalue weighted by molar-refractivity contribution is 5.87. The molecule has 4 aliphatic carbocycles. The lowest BCUT2D eigenvalue weighted by Crippen LogP contribution is -2.54. The Balaban J connectivity index is 1.23. The fourth-order valence-corrected chi connectivity index (χ4v) is 8.30. The zero-order chi connectivity index (χ0) is 21.1. The lowest BCUT2D eigenvalue weighted by Gasteiger charge is -2.60. The van der Waals surface area contributed by atoms with Gasteiger partial charge in [-0.15, -0.1) is 0 Å². The van der Waals surface area contributed by atoms with Crippen molar-refractivity contribution in [3.63, 3.8) is 0 Å². The first-order valence-corrected chi connectivity index (χ1v) is 12.5. The molecule has 30 heavy (non-hydrogen) atoms. The van der Waals surface area contributed by atoms with Crippen LogP contribution in [0.15, 0.2) is 0 Å². The SMILES string of the molecule is CN1CCN(C(=O)OC2CCC3(C)C(CCC4C5CCC(=O)C5(C)CCC43)C2)CC1. The standard InChI is InChI=1S/C25H40N2O3/c1-24-10-8-18(30-23(29)27-14-12-26(3)13-15-27)16-17(24)4-5-19-20-6-7-22(28)25(20,2)11-9-21(19)24/h17-21H,4-16H2,1-3H3. The molecule has 5 aliphatic rings. The molecule has 5 rings (SSSR count). The first-order chi connectivity index (χ1) is 14.3. The van der Waals surface area contributed by atoms with Crippen molar-refractivity contribution in [3.05, 3.63) is 0 Å². The highest BCUT2D eigenvalue weighted by Crippen LogP contribution is 2.65. The fourth-order valence-electron chi connectivity index (χ4n) is 8.30. The predicted octanol–water partition coefficient (Wildman–Crippen LogP) is 4.35. The Morgan fingerprint density at radius 2 is 1.73 bits per heavy atom. The number of amides is 1. The number of nitrogens with zero attached hydrogens (tertiary/aromatic N) is 2. The van der Waals surface area contributed by atoms with Gasteiger partial charge >= 0.3 is 6.09 Å². The third-order valence-corrected chi connectivity index (χ3v) is 10.4. The van der Waals surface area contributed by atoms with Crippen molar-refractivity contribution in [3.8, 4) is 0 Å². The molecule has 0 spiro atoms. The third kappa shape index (κ3) is 3.22. The van der Waals surface area contributed by atoms with E-state index in [9.17, 15) is 9.59 Å². The summed E-state index contributed by atoms with van der Waals surface area (Å²) in [5, 5.41) is 0. The zero-order valence-electron chi connectivity index (χ0n) is 19.2. The second-order valence-electron chi connectivity index (χ2n) is 11.6. The first-order valence-electron chi connectivity index (χ1n) is 12.5. The van der Waals surface area contributed by atoms with Gasteiger partial charge in [0, 0.05) is 38.0 Å². The largest absolute Gasteiger partial charge is 0.446 e. The molecule has 168 valence electrons. The Morgan fingerprint density at radius 1 is 0.967 bits per heavy atom. The summed E-state index contributed by atoms with van der Waals surface area (Å²) in [5.41, 5.74) is 0.340. The van der Waals surface area contributed by atoms with E-state index in [-0.39, 0.29) is 17.6 Å². The maximum absolute atomic E-state index is 12.7. The predicted molar refractivity (Wildman–Crippen MR) is 116 cm³/mol. The quantitative estimate of drug-likeness (QED) is 0.638. The molecule has 5 fully saturated rings. The number of carbonyl (C=O) groups excluding carboxylic acids is 2. The highest BCUT2D eigenvalue weighted by Gasteiger charge is 2.60. The topological polar surface area (TPSA) is 49.9 Å². The molecule has 0 bridgehead atoms. The van der Waals surface area contributed by atoms with Crippen molar-refractivity contribution in [2.45, 2.75) is 77.7 Å². The van der Waals surface area contributed by atoms with Crippen LogP contribution in [0.25, 0.3) is 0 Å². The minimum atomic E-state index is -0.0942. The molecule has 0 aromatic rings. The van der Waals surface area contributed by atoms with E-state index >= 15 is 0 Å². The summed E-state index contributed by atoms with van der Waals surface area (Å²) in [6, 6.07) is 0. The molecule has 0 radical (unpaired) electrons. The van der Waals surface area contributed by atoms with Crippen LogP contribution in [-0.4, -0.2) is 61.0 Å². The number of hydrogen-bond donors (Lipinski definition) is 0. The van der Waals surface area contributed by atoms with Gasteiger partial charge in [-0.1, -0.05) is 13.8 Å². The highest BCUT2D eigenvalue weighted by atomic mass is 16.6. The van der Waals surface area contributed by atoms with Gasteiger partial charge in [-0.05, 0) is 87.5 Å². The monoisotopic (exact) mass is 416 g/mol. The summed E-state index contributed by atoms with van der Waals surface area (Å²) in [7, 11) is 2.11. The second kappa shape index (κ2) is 7.50. The van der Waals surface area contributed by atoms with Crippen molar-refractivity contribution in [1.29, 1.82) is 0 Å². The Morgan fingerprint density at radius 3 is 2.50 bits per heavy atom. The number of carbonyl (C=O) groups is 2. The van der Waals surface area contributed by atoms with Gasteiger partial charge in [0.2, 0.25) is 0 Å². The van der Waals surface area contributed by atoms with E-state index < -0.39 is 0 Å². The van der Waals surface area contributed by atoms with E-state index in [1.54, 1.807) is 0 Å². The second-order valence-corrected chi connectivity index (χ2v) is 11.6. The molecule has 7 unspecified atom stereocenters. The summed E-state index contributed by atoms with van der Waals surface area (Å²) < 4.78 is 6.02. The van der Waals surface area contributed by atoms with Crippen LogP contribution in [-0.2, 0) is 9.53 Å². The van der Waals surface area contributed by atoms with E-state index in [2.05, 4.69) is 25.8 Å². The van der Waals surface area contributed by atoms with E-state index in [0.29, 0.717) is 23.0 Å². The van der Waals surface area contributed by atoms with Crippen LogP contribution in [0.4, 0.5) is 4.79 Å². The van der Waals surface area contributed by atoms with E-state index in [1.165, 1.54) is 25.7 Å². The van der Waals surface area contributed by atoms with Gasteiger partial charge in [0.25, 0.3) is 0 Å². The molecule has 5 nitrogen and oxygen atoms in total. The van der Waals surface area contributed by atoms with Crippen LogP contribution in [0.3, 0.4) is 0 Å². The van der Waals surface area contributed by atoms with Crippen molar-refractivity contribution in [1.82, 2.24) is 9.80 Å². The number of likely N-dealkylation sites (N-methyl/N-ethyl adjacent to an activating group) is 1. The van der Waals surface area contributed by atoms with Crippen molar-refractivity contribution >= 4 is 11.9 Å². The molecule has 1 saturated heterocycles. The molecular weight excluding hydrogens is 376 g/mol. The molecule has 5 heteroatoms. The van der Waals surface area contributed by atoms with Crippen molar-refractivity contribution in [2.75, 3.05) is 33.2 Å². The Kier molecular flexibility index (Phi) is 5.19. The summed E-state index contributed by atoms with van der Waals surface area (Å²) in [6.07, 6.45) is 10.0. The number of ether oxygens (including phenoxy) is 1. The molecule has 1 aliphatic heterocycles. The van der Waals surface area contributed by atoms with Gasteiger partial charge in [-0.3, -0.25) is 4.79 Å². The van der Waals surface area contributed by atoms with E-state index in [0.717, 1.165) is 70.1 Å². The first kappa shape index (κ1) is 20.8. The molecule has 7 atom stereocenters. The summed E-state index contributed by atoms with van der Waals surface area (Å²) >= 11 is 0. The normalized spacial score (nSPS) is 46.7. The number of ketones is 1. The number of Topliss-reactive ketones (excluding diaryl/α,β-unsaturated/α-hetero) is 1. The molecule has 1 amide bonds. The molecule has 0 aromatic carbocycles. The van der Waals surface area contributed by atoms with Gasteiger partial charge in [0.05, 0.1) is 0 Å².